The molecule has 0 spiro atoms. The Morgan fingerprint density at radius 3 is 2.50 bits per heavy atom. The monoisotopic (exact) mass is 300 g/mol. The maximum atomic E-state index is 9.09. The van der Waals surface area contributed by atoms with E-state index in [2.05, 4.69) is 30.2 Å². The summed E-state index contributed by atoms with van der Waals surface area (Å²) in [6.07, 6.45) is 0.776. The van der Waals surface area contributed by atoms with E-state index in [0.29, 0.717) is 24.8 Å². The number of methoxy groups -OCH3 is 1. The number of hydrogen-bond donors (Lipinski definition) is 0. The highest BCUT2D eigenvalue weighted by Crippen LogP contribution is 2.17. The van der Waals surface area contributed by atoms with Gasteiger partial charge in [0.2, 0.25) is 0 Å². The molecule has 0 aliphatic carbocycles. The van der Waals surface area contributed by atoms with Gasteiger partial charge in [-0.05, 0) is 36.6 Å². The van der Waals surface area contributed by atoms with Crippen LogP contribution in [0.15, 0.2) is 24.3 Å². The van der Waals surface area contributed by atoms with Crippen molar-refractivity contribution in [3.05, 3.63) is 35.7 Å². The van der Waals surface area contributed by atoms with E-state index in [1.165, 1.54) is 0 Å². The number of rotatable bonds is 7. The van der Waals surface area contributed by atoms with Gasteiger partial charge in [0.05, 0.1) is 19.3 Å². The lowest BCUT2D eigenvalue weighted by Gasteiger charge is -2.10. The molecule has 0 saturated carbocycles. The first kappa shape index (κ1) is 15.8. The summed E-state index contributed by atoms with van der Waals surface area (Å²) in [4.78, 5) is 0. The van der Waals surface area contributed by atoms with Crippen molar-refractivity contribution in [1.82, 2.24) is 15.0 Å². The minimum Gasteiger partial charge on any atom is -0.497 e. The highest BCUT2D eigenvalue weighted by Gasteiger charge is 2.13. The van der Waals surface area contributed by atoms with E-state index in [-0.39, 0.29) is 0 Å². The van der Waals surface area contributed by atoms with Gasteiger partial charge < -0.3 is 9.47 Å². The number of hydrogen-bond acceptors (Lipinski definition) is 5. The van der Waals surface area contributed by atoms with Crippen LogP contribution >= 0.6 is 0 Å². The molecular weight excluding hydrogens is 280 g/mol. The normalized spacial score (nSPS) is 10.5. The Morgan fingerprint density at radius 2 is 1.91 bits per heavy atom. The molecule has 0 unspecified atom stereocenters. The molecule has 0 amide bonds. The Labute approximate surface area is 130 Å². The molecule has 2 rings (SSSR count). The molecule has 1 heterocycles. The van der Waals surface area contributed by atoms with Gasteiger partial charge in [0.25, 0.3) is 0 Å². The van der Waals surface area contributed by atoms with Crippen molar-refractivity contribution in [2.24, 2.45) is 5.92 Å². The molecule has 0 aliphatic rings. The third-order valence-corrected chi connectivity index (χ3v) is 3.18. The van der Waals surface area contributed by atoms with Crippen LogP contribution in [0.3, 0.4) is 0 Å². The summed E-state index contributed by atoms with van der Waals surface area (Å²) in [6, 6.07) is 9.51. The second-order valence-electron chi connectivity index (χ2n) is 5.34. The molecule has 116 valence electrons. The van der Waals surface area contributed by atoms with E-state index < -0.39 is 0 Å². The number of nitrogens with zero attached hydrogens (tertiary/aromatic N) is 4. The van der Waals surface area contributed by atoms with Crippen molar-refractivity contribution < 1.29 is 9.47 Å². The van der Waals surface area contributed by atoms with Crippen molar-refractivity contribution in [3.8, 4) is 17.6 Å². The van der Waals surface area contributed by atoms with Gasteiger partial charge >= 0.3 is 0 Å². The van der Waals surface area contributed by atoms with Crippen molar-refractivity contribution in [2.75, 3.05) is 13.7 Å². The highest BCUT2D eigenvalue weighted by atomic mass is 16.5. The van der Waals surface area contributed by atoms with Gasteiger partial charge in [0, 0.05) is 0 Å². The van der Waals surface area contributed by atoms with Gasteiger partial charge in [-0.15, -0.1) is 5.10 Å². The van der Waals surface area contributed by atoms with Crippen LogP contribution in [0.25, 0.3) is 0 Å². The van der Waals surface area contributed by atoms with Crippen LogP contribution in [0.1, 0.15) is 25.2 Å². The highest BCUT2D eigenvalue weighted by molar-refractivity contribution is 5.31. The number of aromatic nitrogens is 3. The van der Waals surface area contributed by atoms with Crippen LogP contribution < -0.4 is 9.47 Å². The van der Waals surface area contributed by atoms with Crippen LogP contribution in [-0.4, -0.2) is 28.7 Å². The van der Waals surface area contributed by atoms with E-state index in [4.69, 9.17) is 14.7 Å². The lowest BCUT2D eigenvalue weighted by atomic mass is 10.1. The second kappa shape index (κ2) is 7.46. The molecule has 22 heavy (non-hydrogen) atoms. The second-order valence-corrected chi connectivity index (χ2v) is 5.34. The summed E-state index contributed by atoms with van der Waals surface area (Å²) in [5, 5.41) is 17.0. The van der Waals surface area contributed by atoms with Gasteiger partial charge in [-0.25, -0.2) is 4.68 Å². The third kappa shape index (κ3) is 3.98. The largest absolute Gasteiger partial charge is 0.497 e. The molecule has 6 heteroatoms. The maximum Gasteiger partial charge on any atom is 0.185 e. The summed E-state index contributed by atoms with van der Waals surface area (Å²) < 4.78 is 12.5. The third-order valence-electron chi connectivity index (χ3n) is 3.18. The summed E-state index contributed by atoms with van der Waals surface area (Å²) in [5.74, 6) is 2.00. The smallest absolute Gasteiger partial charge is 0.185 e. The quantitative estimate of drug-likeness (QED) is 0.785. The van der Waals surface area contributed by atoms with Gasteiger partial charge in [0.1, 0.15) is 24.2 Å². The Kier molecular flexibility index (Phi) is 5.37. The summed E-state index contributed by atoms with van der Waals surface area (Å²) in [6.45, 7) is 5.23. The summed E-state index contributed by atoms with van der Waals surface area (Å²) in [7, 11) is 1.63. The fraction of sp³-hybridized carbons (Fsp3) is 0.438. The molecule has 1 aromatic carbocycles. The molecule has 0 bridgehead atoms. The molecule has 1 aromatic heterocycles. The zero-order chi connectivity index (χ0) is 15.9. The molecule has 0 saturated heterocycles. The van der Waals surface area contributed by atoms with Crippen molar-refractivity contribution in [2.45, 2.75) is 26.8 Å². The first-order valence-corrected chi connectivity index (χ1v) is 7.23. The van der Waals surface area contributed by atoms with Gasteiger partial charge in [-0.3, -0.25) is 0 Å². The van der Waals surface area contributed by atoms with Crippen molar-refractivity contribution in [3.63, 3.8) is 0 Å². The van der Waals surface area contributed by atoms with Gasteiger partial charge in [0.15, 0.2) is 5.69 Å². The van der Waals surface area contributed by atoms with E-state index in [0.717, 1.165) is 23.6 Å². The SMILES string of the molecule is COc1ccc(OCCn2nnc(C#N)c2CC(C)C)cc1. The molecule has 0 N–H and O–H groups in total. The van der Waals surface area contributed by atoms with E-state index >= 15 is 0 Å². The fourth-order valence-electron chi connectivity index (χ4n) is 2.11. The minimum atomic E-state index is 0.401. The van der Waals surface area contributed by atoms with E-state index in [9.17, 15) is 0 Å². The zero-order valence-corrected chi connectivity index (χ0v) is 13.1. The average Bonchev–Trinajstić information content (AvgIpc) is 2.89. The van der Waals surface area contributed by atoms with E-state index in [1.54, 1.807) is 11.8 Å². The molecule has 0 atom stereocenters. The van der Waals surface area contributed by atoms with Crippen molar-refractivity contribution >= 4 is 0 Å². The first-order valence-electron chi connectivity index (χ1n) is 7.23. The minimum absolute atomic E-state index is 0.401. The topological polar surface area (TPSA) is 73.0 Å². The molecule has 2 aromatic rings. The van der Waals surface area contributed by atoms with Crippen LogP contribution in [0.5, 0.6) is 11.5 Å². The Hall–Kier alpha value is -2.55. The Bertz CT molecular complexity index is 641. The lowest BCUT2D eigenvalue weighted by molar-refractivity contribution is 0.286. The van der Waals surface area contributed by atoms with Crippen LogP contribution in [-0.2, 0) is 13.0 Å². The Morgan fingerprint density at radius 1 is 1.23 bits per heavy atom. The Balaban J connectivity index is 1.96. The summed E-state index contributed by atoms with van der Waals surface area (Å²) >= 11 is 0. The number of benzene rings is 1. The van der Waals surface area contributed by atoms with Crippen LogP contribution in [0, 0.1) is 17.2 Å². The van der Waals surface area contributed by atoms with E-state index in [1.807, 2.05) is 24.3 Å². The number of ether oxygens (including phenoxy) is 2. The first-order chi connectivity index (χ1) is 10.6. The average molecular weight is 300 g/mol. The number of nitriles is 1. The molecule has 6 nitrogen and oxygen atoms in total. The van der Waals surface area contributed by atoms with Crippen LogP contribution in [0.2, 0.25) is 0 Å². The molecule has 0 aliphatic heterocycles. The van der Waals surface area contributed by atoms with Crippen molar-refractivity contribution in [1.29, 1.82) is 5.26 Å². The van der Waals surface area contributed by atoms with Gasteiger partial charge in [-0.1, -0.05) is 19.1 Å². The predicted molar refractivity (Wildman–Crippen MR) is 81.8 cm³/mol. The zero-order valence-electron chi connectivity index (χ0n) is 13.1. The lowest BCUT2D eigenvalue weighted by Crippen LogP contribution is -2.14. The van der Waals surface area contributed by atoms with Crippen LogP contribution in [0.4, 0.5) is 0 Å². The standard InChI is InChI=1S/C16H20N4O2/c1-12(2)10-16-15(11-17)18-19-20(16)8-9-22-14-6-4-13(21-3)5-7-14/h4-7,12H,8-10H2,1-3H3. The van der Waals surface area contributed by atoms with Gasteiger partial charge in [-0.2, -0.15) is 5.26 Å². The molecule has 0 radical (unpaired) electrons. The molecular formula is C16H20N4O2. The molecule has 0 fully saturated rings. The predicted octanol–water partition coefficient (Wildman–Crippen LogP) is 2.44. The maximum absolute atomic E-state index is 9.09. The fourth-order valence-corrected chi connectivity index (χ4v) is 2.11. The summed E-state index contributed by atoms with van der Waals surface area (Å²) in [5.41, 5.74) is 1.27.